The third-order valence-corrected chi connectivity index (χ3v) is 6.44. The van der Waals surface area contributed by atoms with E-state index >= 15 is 0 Å². The Morgan fingerprint density at radius 1 is 1.00 bits per heavy atom. The second-order valence-corrected chi connectivity index (χ2v) is 10.1. The Hall–Kier alpha value is -3.91. The molecule has 0 saturated heterocycles. The van der Waals surface area contributed by atoms with Crippen molar-refractivity contribution in [3.8, 4) is 22.8 Å². The first kappa shape index (κ1) is 25.2. The number of nitrogens with zero attached hydrogens (tertiary/aromatic N) is 4. The van der Waals surface area contributed by atoms with Crippen molar-refractivity contribution in [2.24, 2.45) is 5.10 Å². The minimum Gasteiger partial charge on any atom is -0.497 e. The number of ether oxygens (including phenoxy) is 1. The second-order valence-electron chi connectivity index (χ2n) is 9.16. The molecule has 184 valence electrons. The molecule has 36 heavy (non-hydrogen) atoms. The highest BCUT2D eigenvalue weighted by atomic mass is 32.2. The average Bonchev–Trinajstić information content (AvgIpc) is 3.32. The van der Waals surface area contributed by atoms with Crippen molar-refractivity contribution < 1.29 is 9.53 Å². The van der Waals surface area contributed by atoms with Crippen molar-refractivity contribution in [2.75, 3.05) is 12.9 Å². The summed E-state index contributed by atoms with van der Waals surface area (Å²) in [6, 6.07) is 25.6. The average molecular weight is 500 g/mol. The monoisotopic (exact) mass is 499 g/mol. The van der Waals surface area contributed by atoms with Crippen molar-refractivity contribution in [2.45, 2.75) is 31.3 Å². The van der Waals surface area contributed by atoms with Crippen LogP contribution in [-0.2, 0) is 10.2 Å². The zero-order valence-corrected chi connectivity index (χ0v) is 21.6. The lowest BCUT2D eigenvalue weighted by Gasteiger charge is -2.18. The fourth-order valence-corrected chi connectivity index (χ4v) is 4.26. The number of thioether (sulfide) groups is 1. The van der Waals surface area contributed by atoms with Gasteiger partial charge in [0, 0.05) is 11.3 Å². The van der Waals surface area contributed by atoms with Gasteiger partial charge in [-0.05, 0) is 40.8 Å². The molecule has 4 rings (SSSR count). The number of amides is 1. The molecule has 0 atom stereocenters. The molecule has 0 fully saturated rings. The van der Waals surface area contributed by atoms with E-state index in [1.165, 1.54) is 17.3 Å². The normalized spacial score (nSPS) is 11.6. The summed E-state index contributed by atoms with van der Waals surface area (Å²) >= 11 is 1.30. The van der Waals surface area contributed by atoms with Gasteiger partial charge in [-0.1, -0.05) is 87.1 Å². The van der Waals surface area contributed by atoms with E-state index < -0.39 is 0 Å². The van der Waals surface area contributed by atoms with Crippen LogP contribution in [0.4, 0.5) is 0 Å². The summed E-state index contributed by atoms with van der Waals surface area (Å²) in [6.07, 6.45) is 1.64. The Morgan fingerprint density at radius 2 is 1.69 bits per heavy atom. The number of benzene rings is 3. The summed E-state index contributed by atoms with van der Waals surface area (Å²) in [5.41, 5.74) is 6.66. The minimum absolute atomic E-state index is 0.0911. The van der Waals surface area contributed by atoms with Gasteiger partial charge >= 0.3 is 0 Å². The Kier molecular flexibility index (Phi) is 7.85. The molecular weight excluding hydrogens is 470 g/mol. The van der Waals surface area contributed by atoms with Crippen LogP contribution in [0.25, 0.3) is 17.1 Å². The molecule has 0 saturated carbocycles. The van der Waals surface area contributed by atoms with Crippen LogP contribution in [0.15, 0.2) is 89.1 Å². The Labute approximate surface area is 215 Å². The van der Waals surface area contributed by atoms with Gasteiger partial charge in [0.1, 0.15) is 5.75 Å². The van der Waals surface area contributed by atoms with Gasteiger partial charge in [-0.3, -0.25) is 9.36 Å². The Balaban J connectivity index is 1.45. The van der Waals surface area contributed by atoms with Crippen molar-refractivity contribution in [1.29, 1.82) is 0 Å². The van der Waals surface area contributed by atoms with Gasteiger partial charge in [-0.15, -0.1) is 10.2 Å². The van der Waals surface area contributed by atoms with Crippen LogP contribution in [0.3, 0.4) is 0 Å². The van der Waals surface area contributed by atoms with Crippen LogP contribution < -0.4 is 10.2 Å². The van der Waals surface area contributed by atoms with Crippen LogP contribution in [0, 0.1) is 0 Å². The zero-order chi connectivity index (χ0) is 25.5. The molecule has 0 unspecified atom stereocenters. The predicted molar refractivity (Wildman–Crippen MR) is 145 cm³/mol. The molecule has 1 aromatic heterocycles. The van der Waals surface area contributed by atoms with Gasteiger partial charge in [-0.25, -0.2) is 5.43 Å². The van der Waals surface area contributed by atoms with E-state index in [-0.39, 0.29) is 17.1 Å². The maximum atomic E-state index is 12.5. The fourth-order valence-electron chi connectivity index (χ4n) is 3.51. The van der Waals surface area contributed by atoms with Crippen molar-refractivity contribution in [3.05, 3.63) is 90.0 Å². The van der Waals surface area contributed by atoms with E-state index in [2.05, 4.69) is 53.6 Å². The maximum absolute atomic E-state index is 12.5. The van der Waals surface area contributed by atoms with E-state index in [0.717, 1.165) is 22.6 Å². The third-order valence-electron chi connectivity index (χ3n) is 5.51. The minimum atomic E-state index is -0.229. The molecule has 1 N–H and O–H groups in total. The van der Waals surface area contributed by atoms with Gasteiger partial charge in [0.05, 0.1) is 19.1 Å². The molecule has 3 aromatic carbocycles. The van der Waals surface area contributed by atoms with E-state index in [1.54, 1.807) is 13.3 Å². The highest BCUT2D eigenvalue weighted by Gasteiger charge is 2.17. The molecule has 8 heteroatoms. The SMILES string of the molecule is COc1ccc(-n2c(SCC(=O)NN=Cc3ccc(C(C)(C)C)cc3)nnc2-c2ccccc2)cc1. The summed E-state index contributed by atoms with van der Waals surface area (Å²) < 4.78 is 7.23. The summed E-state index contributed by atoms with van der Waals surface area (Å²) in [4.78, 5) is 12.5. The third kappa shape index (κ3) is 6.20. The Bertz CT molecular complexity index is 1330. The largest absolute Gasteiger partial charge is 0.497 e. The molecule has 1 heterocycles. The van der Waals surface area contributed by atoms with Crippen LogP contribution in [0.5, 0.6) is 5.75 Å². The smallest absolute Gasteiger partial charge is 0.250 e. The number of hydrogen-bond donors (Lipinski definition) is 1. The van der Waals surface area contributed by atoms with Gasteiger partial charge in [-0.2, -0.15) is 5.10 Å². The maximum Gasteiger partial charge on any atom is 0.250 e. The molecule has 0 aliphatic rings. The number of hydrazone groups is 1. The van der Waals surface area contributed by atoms with Crippen molar-refractivity contribution in [1.82, 2.24) is 20.2 Å². The first-order valence-corrected chi connectivity index (χ1v) is 12.5. The topological polar surface area (TPSA) is 81.4 Å². The molecule has 0 radical (unpaired) electrons. The summed E-state index contributed by atoms with van der Waals surface area (Å²) in [6.45, 7) is 6.52. The van der Waals surface area contributed by atoms with Gasteiger partial charge < -0.3 is 4.74 Å². The van der Waals surface area contributed by atoms with E-state index in [0.29, 0.717) is 11.0 Å². The molecule has 0 aliphatic heterocycles. The number of nitrogens with one attached hydrogen (secondary N) is 1. The number of hydrogen-bond acceptors (Lipinski definition) is 6. The number of carbonyl (C=O) groups excluding carboxylic acids is 1. The molecule has 0 bridgehead atoms. The lowest BCUT2D eigenvalue weighted by atomic mass is 9.87. The van der Waals surface area contributed by atoms with Crippen LogP contribution in [-0.4, -0.2) is 39.7 Å². The van der Waals surface area contributed by atoms with Crippen LogP contribution >= 0.6 is 11.8 Å². The number of carbonyl (C=O) groups is 1. The Morgan fingerprint density at radius 3 is 2.33 bits per heavy atom. The van der Waals surface area contributed by atoms with E-state index in [9.17, 15) is 4.79 Å². The van der Waals surface area contributed by atoms with Crippen LogP contribution in [0.1, 0.15) is 31.9 Å². The van der Waals surface area contributed by atoms with Gasteiger partial charge in [0.2, 0.25) is 0 Å². The molecule has 4 aromatic rings. The lowest BCUT2D eigenvalue weighted by Crippen LogP contribution is -2.20. The van der Waals surface area contributed by atoms with Crippen LogP contribution in [0.2, 0.25) is 0 Å². The van der Waals surface area contributed by atoms with Gasteiger partial charge in [0.15, 0.2) is 11.0 Å². The summed E-state index contributed by atoms with van der Waals surface area (Å²) in [7, 11) is 1.63. The highest BCUT2D eigenvalue weighted by molar-refractivity contribution is 7.99. The van der Waals surface area contributed by atoms with E-state index in [1.807, 2.05) is 71.3 Å². The first-order chi connectivity index (χ1) is 17.3. The molecule has 0 spiro atoms. The lowest BCUT2D eigenvalue weighted by molar-refractivity contribution is -0.118. The number of aromatic nitrogens is 3. The predicted octanol–water partition coefficient (Wildman–Crippen LogP) is 5.48. The number of rotatable bonds is 8. The summed E-state index contributed by atoms with van der Waals surface area (Å²) in [5, 5.41) is 13.5. The molecule has 0 aliphatic carbocycles. The molecular formula is C28H29N5O2S. The second kappa shape index (κ2) is 11.2. The first-order valence-electron chi connectivity index (χ1n) is 11.6. The molecule has 1 amide bonds. The van der Waals surface area contributed by atoms with E-state index in [4.69, 9.17) is 4.74 Å². The van der Waals surface area contributed by atoms with Gasteiger partial charge in [0.25, 0.3) is 5.91 Å². The van der Waals surface area contributed by atoms with Crippen molar-refractivity contribution in [3.63, 3.8) is 0 Å². The quantitative estimate of drug-likeness (QED) is 0.197. The standard InChI is InChI=1S/C28H29N5O2S/c1-28(2,3)22-12-10-20(11-13-22)18-29-30-25(34)19-36-27-32-31-26(21-8-6-5-7-9-21)33(27)23-14-16-24(35-4)17-15-23/h5-18H,19H2,1-4H3,(H,30,34). The van der Waals surface area contributed by atoms with Crippen molar-refractivity contribution >= 4 is 23.9 Å². The molecule has 7 nitrogen and oxygen atoms in total. The zero-order valence-electron chi connectivity index (χ0n) is 20.8. The summed E-state index contributed by atoms with van der Waals surface area (Å²) in [5.74, 6) is 1.37. The highest BCUT2D eigenvalue weighted by Crippen LogP contribution is 2.28. The number of methoxy groups -OCH3 is 1. The fraction of sp³-hybridized carbons (Fsp3) is 0.214.